The largest absolute Gasteiger partial charge is 0.489 e. The second kappa shape index (κ2) is 11.5. The molecular formula is C22H26N2O6. The molecule has 0 heterocycles. The van der Waals surface area contributed by atoms with Gasteiger partial charge in [0.1, 0.15) is 18.1 Å². The Morgan fingerprint density at radius 1 is 0.867 bits per heavy atom. The molecule has 0 fully saturated rings. The average molecular weight is 414 g/mol. The maximum Gasteiger partial charge on any atom is 0.344 e. The number of esters is 1. The molecule has 0 aliphatic carbocycles. The molecule has 1 atom stereocenters. The number of ether oxygens (including phenoxy) is 3. The molecule has 0 saturated heterocycles. The van der Waals surface area contributed by atoms with Gasteiger partial charge in [0.25, 0.3) is 5.91 Å². The predicted molar refractivity (Wildman–Crippen MR) is 110 cm³/mol. The summed E-state index contributed by atoms with van der Waals surface area (Å²) in [4.78, 5) is 35.2. The molecule has 0 aromatic heterocycles. The van der Waals surface area contributed by atoms with Gasteiger partial charge in [0, 0.05) is 6.04 Å². The highest BCUT2D eigenvalue weighted by molar-refractivity contribution is 5.97. The van der Waals surface area contributed by atoms with Crippen LogP contribution in [0.25, 0.3) is 0 Å². The molecule has 160 valence electrons. The van der Waals surface area contributed by atoms with Crippen LogP contribution in [0.15, 0.2) is 54.6 Å². The van der Waals surface area contributed by atoms with E-state index in [2.05, 4.69) is 10.6 Å². The molecule has 1 unspecified atom stereocenters. The van der Waals surface area contributed by atoms with Crippen molar-refractivity contribution in [3.05, 3.63) is 60.2 Å². The normalized spacial score (nSPS) is 11.3. The minimum Gasteiger partial charge on any atom is -0.489 e. The van der Waals surface area contributed by atoms with Gasteiger partial charge in [0.15, 0.2) is 12.7 Å². The first-order chi connectivity index (χ1) is 14.3. The number of carbonyl (C=O) groups excluding carboxylic acids is 3. The van der Waals surface area contributed by atoms with Crippen LogP contribution in [-0.2, 0) is 20.9 Å². The van der Waals surface area contributed by atoms with Crippen molar-refractivity contribution in [1.82, 2.24) is 10.6 Å². The van der Waals surface area contributed by atoms with Gasteiger partial charge in [0.2, 0.25) is 0 Å². The standard InChI is InChI=1S/C22H26N2O6/c1-15(2)23-22(27)24-21(26)16(3)30-20(25)14-29-19-11-9-18(10-12-19)28-13-17-7-5-4-6-8-17/h4-12,15-16H,13-14H2,1-3H3,(H2,23,24,26,27). The molecule has 0 aliphatic heterocycles. The van der Waals surface area contributed by atoms with Gasteiger partial charge in [-0.2, -0.15) is 0 Å². The van der Waals surface area contributed by atoms with Crippen LogP contribution in [0.2, 0.25) is 0 Å². The number of nitrogens with one attached hydrogen (secondary N) is 2. The van der Waals surface area contributed by atoms with Gasteiger partial charge >= 0.3 is 12.0 Å². The summed E-state index contributed by atoms with van der Waals surface area (Å²) in [6.45, 7) is 4.96. The molecule has 3 amide bonds. The van der Waals surface area contributed by atoms with Crippen molar-refractivity contribution in [3.8, 4) is 11.5 Å². The molecule has 0 spiro atoms. The number of rotatable bonds is 9. The van der Waals surface area contributed by atoms with Crippen LogP contribution in [0, 0.1) is 0 Å². The highest BCUT2D eigenvalue weighted by Crippen LogP contribution is 2.18. The van der Waals surface area contributed by atoms with Crippen LogP contribution < -0.4 is 20.1 Å². The Bertz CT molecular complexity index is 836. The van der Waals surface area contributed by atoms with E-state index in [0.29, 0.717) is 18.1 Å². The zero-order valence-electron chi connectivity index (χ0n) is 17.2. The van der Waals surface area contributed by atoms with Crippen molar-refractivity contribution >= 4 is 17.9 Å². The number of imide groups is 1. The van der Waals surface area contributed by atoms with Gasteiger partial charge in [0.05, 0.1) is 0 Å². The maximum absolute atomic E-state index is 11.9. The number of carbonyl (C=O) groups is 3. The quantitative estimate of drug-likeness (QED) is 0.612. The van der Waals surface area contributed by atoms with E-state index in [1.165, 1.54) is 6.92 Å². The van der Waals surface area contributed by atoms with Crippen molar-refractivity contribution in [2.75, 3.05) is 6.61 Å². The lowest BCUT2D eigenvalue weighted by Crippen LogP contribution is -2.46. The third-order valence-corrected chi connectivity index (χ3v) is 3.76. The van der Waals surface area contributed by atoms with E-state index in [1.807, 2.05) is 30.3 Å². The van der Waals surface area contributed by atoms with Crippen molar-refractivity contribution in [1.29, 1.82) is 0 Å². The fraction of sp³-hybridized carbons (Fsp3) is 0.318. The SMILES string of the molecule is CC(C)NC(=O)NC(=O)C(C)OC(=O)COc1ccc(OCc2ccccc2)cc1. The summed E-state index contributed by atoms with van der Waals surface area (Å²) in [5.74, 6) is -0.334. The van der Waals surface area contributed by atoms with E-state index < -0.39 is 24.0 Å². The molecule has 0 aliphatic rings. The van der Waals surface area contributed by atoms with E-state index >= 15 is 0 Å². The summed E-state index contributed by atoms with van der Waals surface area (Å²) in [6, 6.07) is 15.8. The van der Waals surface area contributed by atoms with Gasteiger partial charge in [-0.15, -0.1) is 0 Å². The molecule has 0 bridgehead atoms. The summed E-state index contributed by atoms with van der Waals surface area (Å²) in [6.07, 6.45) is -1.13. The van der Waals surface area contributed by atoms with Crippen molar-refractivity contribution in [2.24, 2.45) is 0 Å². The fourth-order valence-corrected chi connectivity index (χ4v) is 2.31. The third kappa shape index (κ3) is 8.22. The van der Waals surface area contributed by atoms with Gasteiger partial charge < -0.3 is 19.5 Å². The lowest BCUT2D eigenvalue weighted by atomic mass is 10.2. The first-order valence-corrected chi connectivity index (χ1v) is 9.54. The minimum absolute atomic E-state index is 0.126. The molecular weight excluding hydrogens is 388 g/mol. The zero-order chi connectivity index (χ0) is 21.9. The molecule has 2 rings (SSSR count). The third-order valence-electron chi connectivity index (χ3n) is 3.76. The Labute approximate surface area is 175 Å². The second-order valence-electron chi connectivity index (χ2n) is 6.78. The summed E-state index contributed by atoms with van der Waals surface area (Å²) < 4.78 is 16.0. The number of urea groups is 1. The first kappa shape index (κ1) is 22.7. The van der Waals surface area contributed by atoms with E-state index in [0.717, 1.165) is 5.56 Å². The topological polar surface area (TPSA) is 103 Å². The Morgan fingerprint density at radius 2 is 1.47 bits per heavy atom. The molecule has 8 heteroatoms. The van der Waals surface area contributed by atoms with Crippen LogP contribution in [0.1, 0.15) is 26.3 Å². The lowest BCUT2D eigenvalue weighted by molar-refractivity contribution is -0.156. The van der Waals surface area contributed by atoms with Crippen molar-refractivity contribution in [3.63, 3.8) is 0 Å². The van der Waals surface area contributed by atoms with Crippen LogP contribution >= 0.6 is 0 Å². The maximum atomic E-state index is 11.9. The van der Waals surface area contributed by atoms with E-state index in [4.69, 9.17) is 14.2 Å². The van der Waals surface area contributed by atoms with Crippen LogP contribution in [0.5, 0.6) is 11.5 Å². The zero-order valence-corrected chi connectivity index (χ0v) is 17.2. The summed E-state index contributed by atoms with van der Waals surface area (Å²) in [5, 5.41) is 4.60. The van der Waals surface area contributed by atoms with Crippen LogP contribution in [0.4, 0.5) is 4.79 Å². The van der Waals surface area contributed by atoms with Gasteiger partial charge in [-0.05, 0) is 50.6 Å². The molecule has 2 N–H and O–H groups in total. The number of hydrogen-bond donors (Lipinski definition) is 2. The van der Waals surface area contributed by atoms with Gasteiger partial charge in [-0.1, -0.05) is 30.3 Å². The van der Waals surface area contributed by atoms with Crippen molar-refractivity contribution in [2.45, 2.75) is 39.5 Å². The van der Waals surface area contributed by atoms with E-state index in [1.54, 1.807) is 38.1 Å². The molecule has 2 aromatic carbocycles. The number of amides is 3. The summed E-state index contributed by atoms with van der Waals surface area (Å²) >= 11 is 0. The van der Waals surface area contributed by atoms with Crippen LogP contribution in [0.3, 0.4) is 0 Å². The number of benzene rings is 2. The Kier molecular flexibility index (Phi) is 8.68. The first-order valence-electron chi connectivity index (χ1n) is 9.54. The summed E-state index contributed by atoms with van der Waals surface area (Å²) in [5.41, 5.74) is 1.06. The van der Waals surface area contributed by atoms with Gasteiger partial charge in [-0.25, -0.2) is 9.59 Å². The Hall–Kier alpha value is -3.55. The highest BCUT2D eigenvalue weighted by Gasteiger charge is 2.20. The molecule has 0 radical (unpaired) electrons. The Morgan fingerprint density at radius 3 is 2.07 bits per heavy atom. The monoisotopic (exact) mass is 414 g/mol. The smallest absolute Gasteiger partial charge is 0.344 e. The minimum atomic E-state index is -1.13. The summed E-state index contributed by atoms with van der Waals surface area (Å²) in [7, 11) is 0. The fourth-order valence-electron chi connectivity index (χ4n) is 2.31. The number of hydrogen-bond acceptors (Lipinski definition) is 6. The van der Waals surface area contributed by atoms with Gasteiger partial charge in [-0.3, -0.25) is 10.1 Å². The molecule has 8 nitrogen and oxygen atoms in total. The average Bonchev–Trinajstić information content (AvgIpc) is 2.71. The predicted octanol–water partition coefficient (Wildman–Crippen LogP) is 2.81. The van der Waals surface area contributed by atoms with E-state index in [-0.39, 0.29) is 12.6 Å². The molecule has 30 heavy (non-hydrogen) atoms. The van der Waals surface area contributed by atoms with Crippen LogP contribution in [-0.4, -0.2) is 36.7 Å². The molecule has 0 saturated carbocycles. The molecule has 2 aromatic rings. The lowest BCUT2D eigenvalue weighted by Gasteiger charge is -2.14. The highest BCUT2D eigenvalue weighted by atomic mass is 16.6. The second-order valence-corrected chi connectivity index (χ2v) is 6.78. The Balaban J connectivity index is 1.72. The van der Waals surface area contributed by atoms with E-state index in [9.17, 15) is 14.4 Å². The van der Waals surface area contributed by atoms with Crippen molar-refractivity contribution < 1.29 is 28.6 Å².